The molecule has 12 heteroatoms. The molecule has 40 heavy (non-hydrogen) atoms. The number of ether oxygens (including phenoxy) is 1. The van der Waals surface area contributed by atoms with Gasteiger partial charge in [0.15, 0.2) is 4.90 Å². The van der Waals surface area contributed by atoms with E-state index < -0.39 is 55.1 Å². The molecule has 0 aliphatic carbocycles. The number of cyclic esters (lactones) is 1. The van der Waals surface area contributed by atoms with Gasteiger partial charge in [0.05, 0.1) is 23.4 Å². The molecule has 2 saturated heterocycles. The zero-order valence-electron chi connectivity index (χ0n) is 23.4. The number of amides is 1. The number of piperazine rings is 1. The number of benzene rings is 2. The standard InChI is InChI=1S/C28H36N4O7S/c1-18(2)20-14-24(39-27(20)34)21(29-40(37,38)25-13-9-8-12-23(25)32(35)36)15-30-16-26(33)31(17-28(30,4)5)22-11-7-6-10-19(22)3/h6-13,18,20-21,24,29H,14-17H2,1-5H3/t20-,21-,24-/m0/s1. The lowest BCUT2D eigenvalue weighted by Gasteiger charge is -2.48. The fourth-order valence-corrected chi connectivity index (χ4v) is 6.85. The highest BCUT2D eigenvalue weighted by molar-refractivity contribution is 7.89. The minimum absolute atomic E-state index is 0.0132. The number of anilines is 1. The maximum atomic E-state index is 13.5. The largest absolute Gasteiger partial charge is 0.460 e. The van der Waals surface area contributed by atoms with Gasteiger partial charge in [0, 0.05) is 30.4 Å². The van der Waals surface area contributed by atoms with E-state index in [0.29, 0.717) is 6.54 Å². The lowest BCUT2D eigenvalue weighted by Crippen LogP contribution is -2.65. The van der Waals surface area contributed by atoms with Crippen molar-refractivity contribution in [2.75, 3.05) is 24.5 Å². The summed E-state index contributed by atoms with van der Waals surface area (Å²) in [6, 6.07) is 11.8. The highest BCUT2D eigenvalue weighted by Crippen LogP contribution is 2.33. The molecule has 2 aliphatic rings. The Morgan fingerprint density at radius 3 is 2.40 bits per heavy atom. The second-order valence-electron chi connectivity index (χ2n) is 11.5. The Morgan fingerprint density at radius 2 is 1.77 bits per heavy atom. The van der Waals surface area contributed by atoms with Crippen LogP contribution in [0.25, 0.3) is 0 Å². The third kappa shape index (κ3) is 6.03. The molecule has 2 fully saturated rings. The number of esters is 1. The van der Waals surface area contributed by atoms with Gasteiger partial charge in [-0.05, 0) is 50.8 Å². The summed E-state index contributed by atoms with van der Waals surface area (Å²) >= 11 is 0. The second kappa shape index (κ2) is 11.3. The number of hydrogen-bond donors (Lipinski definition) is 1. The molecular weight excluding hydrogens is 536 g/mol. The van der Waals surface area contributed by atoms with Crippen LogP contribution in [0, 0.1) is 28.9 Å². The van der Waals surface area contributed by atoms with E-state index in [-0.39, 0.29) is 31.3 Å². The number of sulfonamides is 1. The van der Waals surface area contributed by atoms with Crippen molar-refractivity contribution in [1.82, 2.24) is 9.62 Å². The minimum atomic E-state index is -4.39. The predicted molar refractivity (Wildman–Crippen MR) is 149 cm³/mol. The first-order valence-electron chi connectivity index (χ1n) is 13.3. The van der Waals surface area contributed by atoms with Crippen LogP contribution < -0.4 is 9.62 Å². The van der Waals surface area contributed by atoms with Gasteiger partial charge >= 0.3 is 5.97 Å². The molecule has 1 N–H and O–H groups in total. The number of carbonyl (C=O) groups excluding carboxylic acids is 2. The number of rotatable bonds is 9. The number of nitrogens with zero attached hydrogens (tertiary/aromatic N) is 3. The summed E-state index contributed by atoms with van der Waals surface area (Å²) in [6.07, 6.45) is -0.518. The van der Waals surface area contributed by atoms with Crippen molar-refractivity contribution in [3.63, 3.8) is 0 Å². The fraction of sp³-hybridized carbons (Fsp3) is 0.500. The van der Waals surface area contributed by atoms with Gasteiger partial charge in [-0.15, -0.1) is 0 Å². The quantitative estimate of drug-likeness (QED) is 0.274. The maximum Gasteiger partial charge on any atom is 0.309 e. The Bertz CT molecular complexity index is 1410. The van der Waals surface area contributed by atoms with Gasteiger partial charge in [0.25, 0.3) is 5.69 Å². The molecule has 1 amide bonds. The van der Waals surface area contributed by atoms with E-state index in [9.17, 15) is 28.1 Å². The van der Waals surface area contributed by atoms with E-state index in [0.717, 1.165) is 17.3 Å². The van der Waals surface area contributed by atoms with Gasteiger partial charge in [-0.3, -0.25) is 24.6 Å². The average molecular weight is 573 g/mol. The van der Waals surface area contributed by atoms with Crippen molar-refractivity contribution >= 4 is 33.3 Å². The number of para-hydroxylation sites is 2. The monoisotopic (exact) mass is 572 g/mol. The van der Waals surface area contributed by atoms with Crippen LogP contribution in [0.4, 0.5) is 11.4 Å². The van der Waals surface area contributed by atoms with Crippen LogP contribution in [0.3, 0.4) is 0 Å². The maximum absolute atomic E-state index is 13.5. The SMILES string of the molecule is Cc1ccccc1N1CC(C)(C)N(C[C@H](NS(=O)(=O)c2ccccc2[N+](=O)[O-])[C@@H]2C[C@@H](C(C)C)C(=O)O2)CC1=O. The first kappa shape index (κ1) is 29.6. The molecule has 2 heterocycles. The second-order valence-corrected chi connectivity index (χ2v) is 13.2. The van der Waals surface area contributed by atoms with Crippen LogP contribution in [-0.2, 0) is 24.3 Å². The highest BCUT2D eigenvalue weighted by Gasteiger charge is 2.46. The van der Waals surface area contributed by atoms with E-state index in [1.54, 1.807) is 4.90 Å². The molecule has 0 aromatic heterocycles. The van der Waals surface area contributed by atoms with Crippen molar-refractivity contribution in [3.05, 3.63) is 64.2 Å². The summed E-state index contributed by atoms with van der Waals surface area (Å²) in [5, 5.41) is 11.6. The van der Waals surface area contributed by atoms with Gasteiger partial charge in [-0.2, -0.15) is 0 Å². The molecule has 3 atom stereocenters. The van der Waals surface area contributed by atoms with E-state index in [2.05, 4.69) is 4.72 Å². The van der Waals surface area contributed by atoms with Crippen molar-refractivity contribution in [1.29, 1.82) is 0 Å². The van der Waals surface area contributed by atoms with Crippen LogP contribution in [0.5, 0.6) is 0 Å². The smallest absolute Gasteiger partial charge is 0.309 e. The molecule has 0 radical (unpaired) electrons. The van der Waals surface area contributed by atoms with Crippen molar-refractivity contribution in [2.45, 2.75) is 63.6 Å². The Balaban J connectivity index is 1.65. The number of nitro groups is 1. The first-order valence-corrected chi connectivity index (χ1v) is 14.8. The lowest BCUT2D eigenvalue weighted by molar-refractivity contribution is -0.387. The number of hydrogen-bond acceptors (Lipinski definition) is 8. The third-order valence-electron chi connectivity index (χ3n) is 7.82. The first-order chi connectivity index (χ1) is 18.7. The summed E-state index contributed by atoms with van der Waals surface area (Å²) in [7, 11) is -4.39. The third-order valence-corrected chi connectivity index (χ3v) is 9.36. The predicted octanol–water partition coefficient (Wildman–Crippen LogP) is 3.27. The number of carbonyl (C=O) groups is 2. The van der Waals surface area contributed by atoms with Gasteiger partial charge in [0.2, 0.25) is 15.9 Å². The molecule has 0 unspecified atom stereocenters. The zero-order chi connectivity index (χ0) is 29.4. The summed E-state index contributed by atoms with van der Waals surface area (Å²) in [4.78, 5) is 40.0. The molecule has 0 bridgehead atoms. The highest BCUT2D eigenvalue weighted by atomic mass is 32.2. The summed E-state index contributed by atoms with van der Waals surface area (Å²) in [5.41, 5.74) is 0.657. The molecule has 2 aromatic carbocycles. The number of aryl methyl sites for hydroxylation is 1. The minimum Gasteiger partial charge on any atom is -0.460 e. The number of nitro benzene ring substituents is 1. The van der Waals surface area contributed by atoms with E-state index >= 15 is 0 Å². The van der Waals surface area contributed by atoms with Crippen LogP contribution in [-0.4, -0.2) is 67.4 Å². The Morgan fingerprint density at radius 1 is 1.12 bits per heavy atom. The summed E-state index contributed by atoms with van der Waals surface area (Å²) in [6.45, 7) is 10.1. The molecule has 4 rings (SSSR count). The molecular formula is C28H36N4O7S. The molecule has 0 saturated carbocycles. The lowest BCUT2D eigenvalue weighted by atomic mass is 9.90. The Hall–Kier alpha value is -3.35. The van der Waals surface area contributed by atoms with E-state index in [1.807, 2.05) is 63.8 Å². The molecule has 216 valence electrons. The number of nitrogens with one attached hydrogen (secondary N) is 1. The van der Waals surface area contributed by atoms with Gasteiger partial charge in [-0.1, -0.05) is 44.2 Å². The molecule has 0 spiro atoms. The average Bonchev–Trinajstić information content (AvgIpc) is 3.28. The summed E-state index contributed by atoms with van der Waals surface area (Å²) in [5.74, 6) is -0.969. The Labute approximate surface area is 234 Å². The van der Waals surface area contributed by atoms with Gasteiger partial charge < -0.3 is 9.64 Å². The van der Waals surface area contributed by atoms with Crippen LogP contribution in [0.1, 0.15) is 39.7 Å². The van der Waals surface area contributed by atoms with E-state index in [4.69, 9.17) is 4.74 Å². The molecule has 11 nitrogen and oxygen atoms in total. The fourth-order valence-electron chi connectivity index (χ4n) is 5.42. The van der Waals surface area contributed by atoms with E-state index in [1.165, 1.54) is 18.2 Å². The van der Waals surface area contributed by atoms with Crippen molar-refractivity contribution in [2.24, 2.45) is 11.8 Å². The topological polar surface area (TPSA) is 139 Å². The van der Waals surface area contributed by atoms with Crippen LogP contribution in [0.15, 0.2) is 53.4 Å². The molecule has 2 aromatic rings. The van der Waals surface area contributed by atoms with Crippen molar-refractivity contribution < 1.29 is 27.7 Å². The van der Waals surface area contributed by atoms with Crippen molar-refractivity contribution in [3.8, 4) is 0 Å². The van der Waals surface area contributed by atoms with Crippen LogP contribution >= 0.6 is 0 Å². The van der Waals surface area contributed by atoms with Gasteiger partial charge in [-0.25, -0.2) is 13.1 Å². The Kier molecular flexibility index (Phi) is 8.34. The normalized spacial score (nSPS) is 22.4. The molecule has 2 aliphatic heterocycles. The van der Waals surface area contributed by atoms with Gasteiger partial charge in [0.1, 0.15) is 6.10 Å². The zero-order valence-corrected chi connectivity index (χ0v) is 24.2. The summed E-state index contributed by atoms with van der Waals surface area (Å²) < 4.78 is 35.3. The van der Waals surface area contributed by atoms with Crippen LogP contribution in [0.2, 0.25) is 0 Å².